The summed E-state index contributed by atoms with van der Waals surface area (Å²) in [6.07, 6.45) is 5.98. The first-order valence-electron chi connectivity index (χ1n) is 4.36. The van der Waals surface area contributed by atoms with Crippen molar-refractivity contribution >= 4 is 0 Å². The van der Waals surface area contributed by atoms with E-state index < -0.39 is 0 Å². The van der Waals surface area contributed by atoms with Crippen LogP contribution in [0.4, 0.5) is 0 Å². The van der Waals surface area contributed by atoms with Crippen molar-refractivity contribution < 1.29 is 5.11 Å². The molecule has 0 fully saturated rings. The molecule has 0 radical (unpaired) electrons. The number of imidazole rings is 1. The van der Waals surface area contributed by atoms with Gasteiger partial charge in [-0.25, -0.2) is 4.98 Å². The second kappa shape index (κ2) is 5.33. The fourth-order valence-corrected chi connectivity index (χ4v) is 1.18. The molecule has 1 N–H and O–H groups in total. The number of aromatic nitrogens is 2. The van der Waals surface area contributed by atoms with Gasteiger partial charge < -0.3 is 9.67 Å². The summed E-state index contributed by atoms with van der Waals surface area (Å²) in [6, 6.07) is 2.10. The van der Waals surface area contributed by atoms with Gasteiger partial charge in [-0.05, 0) is 12.8 Å². The zero-order valence-electron chi connectivity index (χ0n) is 7.48. The lowest BCUT2D eigenvalue weighted by atomic mass is 10.2. The van der Waals surface area contributed by atoms with Gasteiger partial charge in [0.1, 0.15) is 12.4 Å². The third kappa shape index (κ3) is 2.88. The smallest absolute Gasteiger partial charge is 0.134 e. The van der Waals surface area contributed by atoms with Crippen LogP contribution in [0.3, 0.4) is 0 Å². The fraction of sp³-hybridized carbons (Fsp3) is 0.556. The molecular formula is C9H13N3O. The van der Waals surface area contributed by atoms with Crippen molar-refractivity contribution in [1.82, 2.24) is 9.55 Å². The molecule has 0 spiro atoms. The van der Waals surface area contributed by atoms with Crippen molar-refractivity contribution in [2.75, 3.05) is 0 Å². The lowest BCUT2D eigenvalue weighted by Gasteiger charge is -2.03. The Hall–Kier alpha value is -1.34. The van der Waals surface area contributed by atoms with Gasteiger partial charge in [-0.1, -0.05) is 0 Å². The van der Waals surface area contributed by atoms with Crippen LogP contribution < -0.4 is 0 Å². The van der Waals surface area contributed by atoms with Crippen LogP contribution in [0.25, 0.3) is 0 Å². The molecule has 0 bridgehead atoms. The van der Waals surface area contributed by atoms with E-state index in [1.807, 2.05) is 10.8 Å². The van der Waals surface area contributed by atoms with Gasteiger partial charge in [0.25, 0.3) is 0 Å². The van der Waals surface area contributed by atoms with Crippen LogP contribution in [-0.4, -0.2) is 14.7 Å². The summed E-state index contributed by atoms with van der Waals surface area (Å²) in [4.78, 5) is 3.98. The van der Waals surface area contributed by atoms with Crippen LogP contribution in [0.2, 0.25) is 0 Å². The van der Waals surface area contributed by atoms with E-state index in [4.69, 9.17) is 10.4 Å². The molecule has 1 aromatic rings. The number of nitriles is 1. The van der Waals surface area contributed by atoms with E-state index >= 15 is 0 Å². The molecule has 0 aliphatic carbocycles. The van der Waals surface area contributed by atoms with E-state index in [9.17, 15) is 0 Å². The molecule has 1 heterocycles. The van der Waals surface area contributed by atoms with Gasteiger partial charge in [0.05, 0.1) is 6.07 Å². The third-order valence-corrected chi connectivity index (χ3v) is 1.88. The maximum atomic E-state index is 8.87. The molecule has 0 aliphatic rings. The van der Waals surface area contributed by atoms with Gasteiger partial charge in [0.15, 0.2) is 0 Å². The standard InChI is InChI=1S/C9H13N3O/c10-4-2-1-3-6-12-7-5-11-9(12)8-13/h5,7,13H,1-3,6,8H2. The van der Waals surface area contributed by atoms with Crippen molar-refractivity contribution in [3.63, 3.8) is 0 Å². The predicted molar refractivity (Wildman–Crippen MR) is 47.6 cm³/mol. The van der Waals surface area contributed by atoms with E-state index in [0.29, 0.717) is 12.2 Å². The first-order chi connectivity index (χ1) is 6.38. The minimum absolute atomic E-state index is 0.0226. The van der Waals surface area contributed by atoms with Gasteiger partial charge in [-0.2, -0.15) is 5.26 Å². The Morgan fingerprint density at radius 2 is 2.38 bits per heavy atom. The highest BCUT2D eigenvalue weighted by Gasteiger charge is 1.99. The highest BCUT2D eigenvalue weighted by Crippen LogP contribution is 2.02. The van der Waals surface area contributed by atoms with E-state index in [1.54, 1.807) is 6.20 Å². The molecule has 1 aromatic heterocycles. The Labute approximate surface area is 77.4 Å². The molecular weight excluding hydrogens is 166 g/mol. The number of aliphatic hydroxyl groups excluding tert-OH is 1. The van der Waals surface area contributed by atoms with Crippen molar-refractivity contribution in [2.45, 2.75) is 32.4 Å². The third-order valence-electron chi connectivity index (χ3n) is 1.88. The van der Waals surface area contributed by atoms with E-state index in [1.165, 1.54) is 0 Å². The molecule has 0 saturated heterocycles. The number of nitrogens with zero attached hydrogens (tertiary/aromatic N) is 3. The van der Waals surface area contributed by atoms with E-state index in [2.05, 4.69) is 11.1 Å². The number of aryl methyl sites for hydroxylation is 1. The van der Waals surface area contributed by atoms with Crippen LogP contribution in [0.15, 0.2) is 12.4 Å². The highest BCUT2D eigenvalue weighted by atomic mass is 16.3. The molecule has 0 aromatic carbocycles. The molecule has 4 heteroatoms. The number of hydrogen-bond acceptors (Lipinski definition) is 3. The average Bonchev–Trinajstić information content (AvgIpc) is 2.60. The molecule has 13 heavy (non-hydrogen) atoms. The number of unbranched alkanes of at least 4 members (excludes halogenated alkanes) is 2. The highest BCUT2D eigenvalue weighted by molar-refractivity contribution is 4.89. The second-order valence-electron chi connectivity index (χ2n) is 2.81. The molecule has 0 amide bonds. The molecule has 0 atom stereocenters. The van der Waals surface area contributed by atoms with Crippen LogP contribution >= 0.6 is 0 Å². The Kier molecular flexibility index (Phi) is 4.00. The Balaban J connectivity index is 2.32. The van der Waals surface area contributed by atoms with Gasteiger partial charge in [0.2, 0.25) is 0 Å². The molecule has 1 rings (SSSR count). The van der Waals surface area contributed by atoms with Gasteiger partial charge in [0, 0.05) is 25.4 Å². The zero-order valence-corrected chi connectivity index (χ0v) is 7.48. The summed E-state index contributed by atoms with van der Waals surface area (Å²) in [5.41, 5.74) is 0. The van der Waals surface area contributed by atoms with Crippen molar-refractivity contribution in [2.24, 2.45) is 0 Å². The summed E-state index contributed by atoms with van der Waals surface area (Å²) < 4.78 is 1.91. The van der Waals surface area contributed by atoms with Crippen molar-refractivity contribution in [1.29, 1.82) is 5.26 Å². The monoisotopic (exact) mass is 179 g/mol. The zero-order chi connectivity index (χ0) is 9.52. The molecule has 0 unspecified atom stereocenters. The van der Waals surface area contributed by atoms with Crippen LogP contribution in [-0.2, 0) is 13.2 Å². The fourth-order valence-electron chi connectivity index (χ4n) is 1.18. The van der Waals surface area contributed by atoms with Crippen LogP contribution in [0.1, 0.15) is 25.1 Å². The average molecular weight is 179 g/mol. The predicted octanol–water partition coefficient (Wildman–Crippen LogP) is 1.07. The molecule has 4 nitrogen and oxygen atoms in total. The SMILES string of the molecule is N#CCCCCn1ccnc1CO. The summed E-state index contributed by atoms with van der Waals surface area (Å²) in [7, 11) is 0. The van der Waals surface area contributed by atoms with Gasteiger partial charge in [-0.3, -0.25) is 0 Å². The van der Waals surface area contributed by atoms with Crippen molar-refractivity contribution in [3.05, 3.63) is 18.2 Å². The normalized spacial score (nSPS) is 9.85. The minimum Gasteiger partial charge on any atom is -0.388 e. The Morgan fingerprint density at radius 3 is 3.08 bits per heavy atom. The van der Waals surface area contributed by atoms with Gasteiger partial charge in [-0.15, -0.1) is 0 Å². The summed E-state index contributed by atoms with van der Waals surface area (Å²) >= 11 is 0. The van der Waals surface area contributed by atoms with Crippen LogP contribution in [0, 0.1) is 11.3 Å². The Bertz CT molecular complexity index is 287. The maximum absolute atomic E-state index is 8.87. The molecule has 70 valence electrons. The first-order valence-corrected chi connectivity index (χ1v) is 4.36. The number of hydrogen-bond donors (Lipinski definition) is 1. The largest absolute Gasteiger partial charge is 0.388 e. The summed E-state index contributed by atoms with van der Waals surface area (Å²) in [5.74, 6) is 0.692. The minimum atomic E-state index is -0.0226. The lowest BCUT2D eigenvalue weighted by Crippen LogP contribution is -2.02. The number of aliphatic hydroxyl groups is 1. The Morgan fingerprint density at radius 1 is 1.54 bits per heavy atom. The first kappa shape index (κ1) is 9.75. The quantitative estimate of drug-likeness (QED) is 0.688. The van der Waals surface area contributed by atoms with E-state index in [0.717, 1.165) is 19.4 Å². The lowest BCUT2D eigenvalue weighted by molar-refractivity contribution is 0.264. The van der Waals surface area contributed by atoms with Crippen molar-refractivity contribution in [3.8, 4) is 6.07 Å². The summed E-state index contributed by atoms with van der Waals surface area (Å²) in [5, 5.41) is 17.2. The maximum Gasteiger partial charge on any atom is 0.134 e. The summed E-state index contributed by atoms with van der Waals surface area (Å²) in [6.45, 7) is 0.808. The van der Waals surface area contributed by atoms with Crippen LogP contribution in [0.5, 0.6) is 0 Å². The molecule has 0 aliphatic heterocycles. The second-order valence-corrected chi connectivity index (χ2v) is 2.81. The number of rotatable bonds is 5. The van der Waals surface area contributed by atoms with Gasteiger partial charge >= 0.3 is 0 Å². The van der Waals surface area contributed by atoms with E-state index in [-0.39, 0.29) is 6.61 Å². The topological polar surface area (TPSA) is 61.8 Å². The molecule has 0 saturated carbocycles.